The number of amides is 1. The minimum Gasteiger partial charge on any atom is -0.497 e. The number of benzene rings is 3. The van der Waals surface area contributed by atoms with Crippen LogP contribution >= 0.6 is 11.6 Å². The molecule has 3 aromatic carbocycles. The maximum absolute atomic E-state index is 14.2. The van der Waals surface area contributed by atoms with Crippen LogP contribution in [0.5, 0.6) is 17.2 Å². The Morgan fingerprint density at radius 2 is 1.67 bits per heavy atom. The van der Waals surface area contributed by atoms with Gasteiger partial charge < -0.3 is 24.4 Å². The van der Waals surface area contributed by atoms with E-state index in [0.717, 1.165) is 12.1 Å². The predicted octanol–water partition coefficient (Wildman–Crippen LogP) is 6.14. The number of carbonyl (C=O) groups is 1. The van der Waals surface area contributed by atoms with Gasteiger partial charge in [-0.05, 0) is 35.7 Å². The molecule has 1 heterocycles. The Kier molecular flexibility index (Phi) is 7.16. The Morgan fingerprint density at radius 3 is 2.25 bits per heavy atom. The third kappa shape index (κ3) is 5.59. The molecule has 11 heteroatoms. The van der Waals surface area contributed by atoms with Crippen LogP contribution < -0.4 is 24.4 Å². The van der Waals surface area contributed by atoms with Gasteiger partial charge in [-0.15, -0.1) is 13.2 Å². The monoisotopic (exact) mass is 524 g/mol. The number of hydrogen-bond donors (Lipinski definition) is 1. The number of alkyl halides is 3. The molecule has 4 rings (SSSR count). The van der Waals surface area contributed by atoms with E-state index in [-0.39, 0.29) is 18.7 Å². The Hall–Kier alpha value is -3.66. The second-order valence-corrected chi connectivity index (χ2v) is 8.37. The normalized spacial score (nSPS) is 13.7. The van der Waals surface area contributed by atoms with Crippen LogP contribution in [-0.4, -0.2) is 33.0 Å². The van der Waals surface area contributed by atoms with Crippen LogP contribution in [0.4, 0.5) is 28.9 Å². The number of anilines is 2. The lowest BCUT2D eigenvalue weighted by atomic mass is 10.0. The summed E-state index contributed by atoms with van der Waals surface area (Å²) in [6.45, 7) is 0.149. The maximum atomic E-state index is 14.2. The average Bonchev–Trinajstić information content (AvgIpc) is 3.24. The molecule has 190 valence electrons. The van der Waals surface area contributed by atoms with Gasteiger partial charge in [0.1, 0.15) is 17.5 Å². The second kappa shape index (κ2) is 10.1. The molecule has 1 amide bonds. The number of ether oxygens (including phenoxy) is 3. The Labute approximate surface area is 209 Å². The topological polar surface area (TPSA) is 60.0 Å². The van der Waals surface area contributed by atoms with Gasteiger partial charge in [0.15, 0.2) is 11.6 Å². The number of methoxy groups -OCH3 is 2. The Morgan fingerprint density at radius 1 is 1.03 bits per heavy atom. The van der Waals surface area contributed by atoms with Crippen molar-refractivity contribution in [1.29, 1.82) is 0 Å². The molecule has 0 bridgehead atoms. The molecule has 1 aliphatic heterocycles. The third-order valence-electron chi connectivity index (χ3n) is 5.63. The molecule has 6 nitrogen and oxygen atoms in total. The third-order valence-corrected chi connectivity index (χ3v) is 5.89. The van der Waals surface area contributed by atoms with Gasteiger partial charge in [0.05, 0.1) is 19.9 Å². The van der Waals surface area contributed by atoms with Gasteiger partial charge in [-0.25, -0.2) is 4.39 Å². The Bertz CT molecular complexity index is 1250. The number of fused-ring (bicyclic) bond motifs is 1. The number of rotatable bonds is 7. The van der Waals surface area contributed by atoms with Crippen LogP contribution in [0.1, 0.15) is 17.2 Å². The van der Waals surface area contributed by atoms with Gasteiger partial charge in [-0.3, -0.25) is 4.79 Å². The number of hydrogen-bond acceptors (Lipinski definition) is 5. The van der Waals surface area contributed by atoms with E-state index in [0.29, 0.717) is 33.3 Å². The quantitative estimate of drug-likeness (QED) is 0.376. The van der Waals surface area contributed by atoms with Crippen molar-refractivity contribution >= 4 is 28.9 Å². The van der Waals surface area contributed by atoms with E-state index in [1.165, 1.54) is 19.1 Å². The van der Waals surface area contributed by atoms with Gasteiger partial charge in [0, 0.05) is 41.5 Å². The predicted molar refractivity (Wildman–Crippen MR) is 127 cm³/mol. The van der Waals surface area contributed by atoms with Crippen molar-refractivity contribution in [3.05, 3.63) is 76.6 Å². The van der Waals surface area contributed by atoms with Crippen molar-refractivity contribution in [2.75, 3.05) is 31.0 Å². The van der Waals surface area contributed by atoms with E-state index in [2.05, 4.69) is 10.1 Å². The minimum absolute atomic E-state index is 0.143. The fourth-order valence-corrected chi connectivity index (χ4v) is 4.10. The summed E-state index contributed by atoms with van der Waals surface area (Å²) in [5.41, 5.74) is 1.59. The molecule has 36 heavy (non-hydrogen) atoms. The highest BCUT2D eigenvalue weighted by Crippen LogP contribution is 2.38. The van der Waals surface area contributed by atoms with Gasteiger partial charge in [-0.1, -0.05) is 23.7 Å². The zero-order valence-electron chi connectivity index (χ0n) is 19.2. The highest BCUT2D eigenvalue weighted by molar-refractivity contribution is 6.30. The van der Waals surface area contributed by atoms with Crippen molar-refractivity contribution in [2.45, 2.75) is 18.8 Å². The van der Waals surface area contributed by atoms with Crippen molar-refractivity contribution in [2.24, 2.45) is 0 Å². The van der Waals surface area contributed by atoms with Crippen LogP contribution in [0.15, 0.2) is 54.6 Å². The summed E-state index contributed by atoms with van der Waals surface area (Å²) in [5.74, 6) is -1.67. The summed E-state index contributed by atoms with van der Waals surface area (Å²) in [5, 5.41) is 3.62. The summed E-state index contributed by atoms with van der Waals surface area (Å²) in [6.07, 6.45) is -4.81. The van der Waals surface area contributed by atoms with Crippen LogP contribution in [0, 0.1) is 5.82 Å². The second-order valence-electron chi connectivity index (χ2n) is 7.93. The SMILES string of the molecule is COc1cc(NC(C(=O)N2CCc3cc(F)c(OC(F)(F)F)cc32)c2ccc(Cl)cc2)cc(OC)c1. The molecule has 0 aromatic heterocycles. The smallest absolute Gasteiger partial charge is 0.497 e. The molecule has 1 unspecified atom stereocenters. The summed E-state index contributed by atoms with van der Waals surface area (Å²) in [4.78, 5) is 15.1. The molecule has 0 aliphatic carbocycles. The van der Waals surface area contributed by atoms with Gasteiger partial charge in [0.25, 0.3) is 5.91 Å². The van der Waals surface area contributed by atoms with Crippen LogP contribution in [0.3, 0.4) is 0 Å². The first-order chi connectivity index (χ1) is 17.1. The first-order valence-electron chi connectivity index (χ1n) is 10.7. The zero-order chi connectivity index (χ0) is 26.0. The average molecular weight is 525 g/mol. The zero-order valence-corrected chi connectivity index (χ0v) is 19.9. The van der Waals surface area contributed by atoms with Gasteiger partial charge >= 0.3 is 6.36 Å². The summed E-state index contributed by atoms with van der Waals surface area (Å²) < 4.78 is 66.9. The van der Waals surface area contributed by atoms with E-state index in [9.17, 15) is 22.4 Å². The van der Waals surface area contributed by atoms with E-state index in [4.69, 9.17) is 21.1 Å². The van der Waals surface area contributed by atoms with Crippen molar-refractivity contribution in [1.82, 2.24) is 0 Å². The lowest BCUT2D eigenvalue weighted by Crippen LogP contribution is -2.37. The van der Waals surface area contributed by atoms with Crippen molar-refractivity contribution in [3.63, 3.8) is 0 Å². The van der Waals surface area contributed by atoms with E-state index in [1.54, 1.807) is 42.5 Å². The molecule has 1 N–H and O–H groups in total. The molecule has 0 fully saturated rings. The highest BCUT2D eigenvalue weighted by atomic mass is 35.5. The molecular formula is C25H21ClF4N2O4. The van der Waals surface area contributed by atoms with E-state index < -0.39 is 29.9 Å². The maximum Gasteiger partial charge on any atom is 0.573 e. The lowest BCUT2D eigenvalue weighted by Gasteiger charge is -2.26. The molecule has 1 aliphatic rings. The molecule has 1 atom stereocenters. The van der Waals surface area contributed by atoms with E-state index in [1.807, 2.05) is 0 Å². The van der Waals surface area contributed by atoms with Crippen LogP contribution in [-0.2, 0) is 11.2 Å². The lowest BCUT2D eigenvalue weighted by molar-refractivity contribution is -0.275. The number of nitrogens with zero attached hydrogens (tertiary/aromatic N) is 1. The molecule has 0 radical (unpaired) electrons. The van der Waals surface area contributed by atoms with Crippen molar-refractivity contribution in [3.8, 4) is 17.2 Å². The minimum atomic E-state index is -5.08. The Balaban J connectivity index is 1.72. The van der Waals surface area contributed by atoms with E-state index >= 15 is 0 Å². The van der Waals surface area contributed by atoms with Crippen LogP contribution in [0.25, 0.3) is 0 Å². The molecule has 0 saturated heterocycles. The largest absolute Gasteiger partial charge is 0.573 e. The molecule has 3 aromatic rings. The number of nitrogens with one attached hydrogen (secondary N) is 1. The molecule has 0 saturated carbocycles. The van der Waals surface area contributed by atoms with Gasteiger partial charge in [-0.2, -0.15) is 0 Å². The van der Waals surface area contributed by atoms with Crippen LogP contribution in [0.2, 0.25) is 5.02 Å². The fraction of sp³-hybridized carbons (Fsp3) is 0.240. The first kappa shape index (κ1) is 25.4. The first-order valence-corrected chi connectivity index (χ1v) is 11.1. The van der Waals surface area contributed by atoms with Crippen molar-refractivity contribution < 1.29 is 36.6 Å². The van der Waals surface area contributed by atoms with Gasteiger partial charge in [0.2, 0.25) is 0 Å². The number of carbonyl (C=O) groups excluding carboxylic acids is 1. The standard InChI is InChI=1S/C25H21ClF4N2O4/c1-34-18-10-17(11-19(12-18)35-2)31-23(14-3-5-16(26)6-4-14)24(33)32-8-7-15-9-20(27)22(13-21(15)32)36-25(28,29)30/h3-6,9-13,23,31H,7-8H2,1-2H3. The summed E-state index contributed by atoms with van der Waals surface area (Å²) >= 11 is 6.02. The number of halogens is 5. The molecule has 0 spiro atoms. The summed E-state index contributed by atoms with van der Waals surface area (Å²) in [7, 11) is 2.97. The summed E-state index contributed by atoms with van der Waals surface area (Å²) in [6, 6.07) is 12.5. The molecular weight excluding hydrogens is 504 g/mol. The fourth-order valence-electron chi connectivity index (χ4n) is 3.98. The highest BCUT2D eigenvalue weighted by Gasteiger charge is 2.36.